The predicted octanol–water partition coefficient (Wildman–Crippen LogP) is 6.10. The number of nitriles is 1. The Bertz CT molecular complexity index is 2270. The Hall–Kier alpha value is -4.76. The molecule has 1 N–H and O–H groups in total. The summed E-state index contributed by atoms with van der Waals surface area (Å²) in [6, 6.07) is 15.9. The number of fused-ring (bicyclic) bond motifs is 2. The van der Waals surface area contributed by atoms with Crippen molar-refractivity contribution in [3.05, 3.63) is 72.3 Å². The van der Waals surface area contributed by atoms with E-state index in [4.69, 9.17) is 34.9 Å². The third-order valence-corrected chi connectivity index (χ3v) is 12.4. The lowest BCUT2D eigenvalue weighted by Crippen LogP contribution is -2.41. The van der Waals surface area contributed by atoms with E-state index < -0.39 is 37.3 Å². The van der Waals surface area contributed by atoms with Gasteiger partial charge >= 0.3 is 12.7 Å². The number of nitrogens with one attached hydrogen (secondary N) is 1. The predicted molar refractivity (Wildman–Crippen MR) is 200 cm³/mol. The molecule has 288 valence electrons. The highest BCUT2D eigenvalue weighted by Crippen LogP contribution is 2.57. The molecule has 1 saturated carbocycles. The standard InChI is InChI=1S/C36H39FN9O7PS/c1-4-23-22(17-26(23)46-25-14-9-13-24(36(48)49-3)29(25)43-44-46)18-51-54(55,50-16-10-15-38)53-31-27(5-2)52-35(28(31)37)45-20-41-30-32(39-19-40-33(30)45)42-34(47)21-11-7-6-8-12-21/h6-9,11-14,19-20,22-23,26-28,31,35H,4-5,10,16-18H2,1-3H3,(H,39,40,42,47)/t22-,23-,26-,27-,28-,31-,35-,54?/m1/s1. The van der Waals surface area contributed by atoms with Crippen molar-refractivity contribution in [2.45, 2.75) is 70.2 Å². The van der Waals surface area contributed by atoms with Crippen LogP contribution >= 0.6 is 6.72 Å². The van der Waals surface area contributed by atoms with Gasteiger partial charge in [0, 0.05) is 5.56 Å². The lowest BCUT2D eigenvalue weighted by Gasteiger charge is -2.44. The first-order valence-electron chi connectivity index (χ1n) is 17.9. The van der Waals surface area contributed by atoms with Crippen LogP contribution in [0.2, 0.25) is 0 Å². The maximum absolute atomic E-state index is 16.6. The number of hydrogen-bond acceptors (Lipinski definition) is 14. The van der Waals surface area contributed by atoms with Crippen LogP contribution < -0.4 is 5.32 Å². The molecule has 5 aromatic rings. The Morgan fingerprint density at radius 2 is 1.91 bits per heavy atom. The summed E-state index contributed by atoms with van der Waals surface area (Å²) in [5.74, 6) is -0.566. The molecule has 2 aliphatic rings. The fraction of sp³-hybridized carbons (Fsp3) is 0.444. The van der Waals surface area contributed by atoms with Gasteiger partial charge in [0.15, 0.2) is 29.4 Å². The van der Waals surface area contributed by atoms with Gasteiger partial charge in [-0.3, -0.25) is 13.9 Å². The lowest BCUT2D eigenvalue weighted by molar-refractivity contribution is -0.0251. The topological polar surface area (TPSA) is 190 Å². The van der Waals surface area contributed by atoms with Crippen LogP contribution in [0.15, 0.2) is 61.2 Å². The Morgan fingerprint density at radius 3 is 2.65 bits per heavy atom. The average Bonchev–Trinajstić information content (AvgIpc) is 3.90. The highest BCUT2D eigenvalue weighted by atomic mass is 32.5. The van der Waals surface area contributed by atoms with Crippen molar-refractivity contribution < 1.29 is 37.0 Å². The summed E-state index contributed by atoms with van der Waals surface area (Å²) in [4.78, 5) is 38.1. The quantitative estimate of drug-likeness (QED) is 0.0727. The third-order valence-electron chi connectivity index (χ3n) is 10.1. The van der Waals surface area contributed by atoms with Crippen molar-refractivity contribution in [2.24, 2.45) is 11.8 Å². The Morgan fingerprint density at radius 1 is 1.09 bits per heavy atom. The lowest BCUT2D eigenvalue weighted by atomic mass is 9.68. The maximum Gasteiger partial charge on any atom is 0.340 e. The van der Waals surface area contributed by atoms with Crippen LogP contribution in [-0.4, -0.2) is 85.1 Å². The smallest absolute Gasteiger partial charge is 0.340 e. The number of esters is 1. The van der Waals surface area contributed by atoms with Gasteiger partial charge < -0.3 is 23.8 Å². The summed E-state index contributed by atoms with van der Waals surface area (Å²) in [5.41, 5.74) is 2.45. The van der Waals surface area contributed by atoms with Crippen molar-refractivity contribution in [1.82, 2.24) is 34.5 Å². The number of rotatable bonds is 15. The number of nitrogens with zero attached hydrogens (tertiary/aromatic N) is 8. The number of ether oxygens (including phenoxy) is 2. The molecule has 1 saturated heterocycles. The molecule has 4 heterocycles. The van der Waals surface area contributed by atoms with Gasteiger partial charge in [-0.1, -0.05) is 49.7 Å². The molecule has 1 aliphatic carbocycles. The number of halogens is 1. The minimum atomic E-state index is -3.62. The minimum Gasteiger partial charge on any atom is -0.465 e. The second kappa shape index (κ2) is 16.5. The van der Waals surface area contributed by atoms with Gasteiger partial charge in [0.25, 0.3) is 5.91 Å². The number of benzene rings is 2. The fourth-order valence-corrected chi connectivity index (χ4v) is 9.39. The second-order valence-electron chi connectivity index (χ2n) is 13.2. The molecule has 8 atom stereocenters. The van der Waals surface area contributed by atoms with E-state index in [0.29, 0.717) is 29.5 Å². The van der Waals surface area contributed by atoms with Crippen LogP contribution in [0.4, 0.5) is 10.2 Å². The number of alkyl halides is 1. The number of anilines is 1. The molecule has 19 heteroatoms. The van der Waals surface area contributed by atoms with Crippen molar-refractivity contribution in [1.29, 1.82) is 5.26 Å². The second-order valence-corrected chi connectivity index (χ2v) is 16.1. The van der Waals surface area contributed by atoms with Gasteiger partial charge in [-0.2, -0.15) is 5.26 Å². The minimum absolute atomic E-state index is 0.0144. The van der Waals surface area contributed by atoms with Crippen LogP contribution in [0.1, 0.15) is 72.5 Å². The number of imidazole rings is 1. The van der Waals surface area contributed by atoms with Gasteiger partial charge in [-0.05, 0) is 60.7 Å². The molecular formula is C36H39FN9O7PS. The molecule has 1 amide bonds. The first kappa shape index (κ1) is 38.5. The molecule has 55 heavy (non-hydrogen) atoms. The Balaban J connectivity index is 1.06. The summed E-state index contributed by atoms with van der Waals surface area (Å²) in [6.45, 7) is 0.396. The zero-order valence-corrected chi connectivity index (χ0v) is 31.9. The van der Waals surface area contributed by atoms with E-state index >= 15 is 4.39 Å². The van der Waals surface area contributed by atoms with Gasteiger partial charge in [-0.15, -0.1) is 5.10 Å². The van der Waals surface area contributed by atoms with Crippen molar-refractivity contribution >= 4 is 58.4 Å². The van der Waals surface area contributed by atoms with E-state index in [1.165, 1.54) is 24.3 Å². The fourth-order valence-electron chi connectivity index (χ4n) is 7.25. The van der Waals surface area contributed by atoms with E-state index in [1.807, 2.05) is 23.7 Å². The molecule has 1 unspecified atom stereocenters. The number of methoxy groups -OCH3 is 1. The number of carbonyl (C=O) groups is 2. The van der Waals surface area contributed by atoms with E-state index in [1.54, 1.807) is 42.5 Å². The van der Waals surface area contributed by atoms with Gasteiger partial charge in [0.05, 0.1) is 62.4 Å². The number of amides is 1. The SMILES string of the molecule is CC[C@@H]1[C@@H](COP(=S)(OCCC#N)O[C@H]2[C@@H](F)[C@H](n3cnc4c(NC(=O)c5ccccc5)ncnc43)O[C@@H]2CC)C[C@H]1n1nnc2c(C(=O)OC)cccc21. The van der Waals surface area contributed by atoms with Crippen LogP contribution in [0.3, 0.4) is 0 Å². The van der Waals surface area contributed by atoms with Gasteiger partial charge in [0.2, 0.25) is 0 Å². The molecule has 2 aromatic carbocycles. The molecule has 0 bridgehead atoms. The molecule has 0 radical (unpaired) electrons. The van der Waals surface area contributed by atoms with E-state index in [-0.39, 0.29) is 60.4 Å². The summed E-state index contributed by atoms with van der Waals surface area (Å²) >= 11 is 5.87. The zero-order chi connectivity index (χ0) is 38.7. The summed E-state index contributed by atoms with van der Waals surface area (Å²) in [5, 5.41) is 20.6. The molecule has 1 aliphatic heterocycles. The molecule has 2 fully saturated rings. The van der Waals surface area contributed by atoms with E-state index in [2.05, 4.69) is 37.5 Å². The normalized spacial score (nSPS) is 24.6. The van der Waals surface area contributed by atoms with Crippen LogP contribution in [0, 0.1) is 23.2 Å². The molecule has 3 aromatic heterocycles. The summed E-state index contributed by atoms with van der Waals surface area (Å²) in [7, 11) is 1.32. The van der Waals surface area contributed by atoms with Crippen molar-refractivity contribution in [3.8, 4) is 6.07 Å². The summed E-state index contributed by atoms with van der Waals surface area (Å²) in [6.07, 6.45) is -0.369. The van der Waals surface area contributed by atoms with Crippen molar-refractivity contribution in [2.75, 3.05) is 25.6 Å². The van der Waals surface area contributed by atoms with Gasteiger partial charge in [-0.25, -0.2) is 28.8 Å². The third kappa shape index (κ3) is 7.60. The first-order chi connectivity index (χ1) is 26.7. The summed E-state index contributed by atoms with van der Waals surface area (Å²) < 4.78 is 49.5. The first-order valence-corrected chi connectivity index (χ1v) is 20.5. The number of carbonyl (C=O) groups excluding carboxylic acids is 2. The molecular weight excluding hydrogens is 752 g/mol. The molecule has 0 spiro atoms. The molecule has 7 rings (SSSR count). The largest absolute Gasteiger partial charge is 0.465 e. The number of aromatic nitrogens is 7. The molecule has 16 nitrogen and oxygen atoms in total. The van der Waals surface area contributed by atoms with Crippen LogP contribution in [0.25, 0.3) is 22.2 Å². The van der Waals surface area contributed by atoms with E-state index in [0.717, 1.165) is 11.9 Å². The van der Waals surface area contributed by atoms with E-state index in [9.17, 15) is 14.9 Å². The van der Waals surface area contributed by atoms with Crippen molar-refractivity contribution in [3.63, 3.8) is 0 Å². The monoisotopic (exact) mass is 791 g/mol. The highest BCUT2D eigenvalue weighted by Gasteiger charge is 2.50. The van der Waals surface area contributed by atoms with Crippen LogP contribution in [-0.2, 0) is 34.9 Å². The Labute approximate surface area is 320 Å². The highest BCUT2D eigenvalue weighted by molar-refractivity contribution is 8.07. The Kier molecular flexibility index (Phi) is 11.6. The van der Waals surface area contributed by atoms with Crippen LogP contribution in [0.5, 0.6) is 0 Å². The zero-order valence-electron chi connectivity index (χ0n) is 30.2. The van der Waals surface area contributed by atoms with Gasteiger partial charge in [0.1, 0.15) is 17.9 Å². The maximum atomic E-state index is 16.6. The average molecular weight is 792 g/mol. The number of hydrogen-bond donors (Lipinski definition) is 1.